The molecule has 1 rings (SSSR count). The standard InChI is InChI=1S/C12H18Cl2N2/c1-3-5-16(6-4-2)12-10(13)7-9(15)8-11(12)14/h7-8H,3-6,15H2,1-2H3. The van der Waals surface area contributed by atoms with Gasteiger partial charge in [0.15, 0.2) is 0 Å². The van der Waals surface area contributed by atoms with Gasteiger partial charge in [0.2, 0.25) is 0 Å². The first-order valence-corrected chi connectivity index (χ1v) is 6.35. The first-order chi connectivity index (χ1) is 7.60. The van der Waals surface area contributed by atoms with Gasteiger partial charge in [-0.3, -0.25) is 0 Å². The fourth-order valence-electron chi connectivity index (χ4n) is 1.76. The Bertz CT molecular complexity index is 324. The van der Waals surface area contributed by atoms with E-state index in [1.54, 1.807) is 12.1 Å². The Hall–Kier alpha value is -0.600. The van der Waals surface area contributed by atoms with E-state index in [1.807, 2.05) is 0 Å². The van der Waals surface area contributed by atoms with Gasteiger partial charge in [0.25, 0.3) is 0 Å². The second kappa shape index (κ2) is 6.21. The zero-order valence-electron chi connectivity index (χ0n) is 9.76. The summed E-state index contributed by atoms with van der Waals surface area (Å²) in [6, 6.07) is 3.50. The highest BCUT2D eigenvalue weighted by Crippen LogP contribution is 2.36. The summed E-state index contributed by atoms with van der Waals surface area (Å²) in [6.07, 6.45) is 2.13. The zero-order chi connectivity index (χ0) is 12.1. The Labute approximate surface area is 107 Å². The third-order valence-corrected chi connectivity index (χ3v) is 2.92. The molecular weight excluding hydrogens is 243 g/mol. The van der Waals surface area contributed by atoms with E-state index in [2.05, 4.69) is 18.7 Å². The van der Waals surface area contributed by atoms with Crippen molar-refractivity contribution < 1.29 is 0 Å². The van der Waals surface area contributed by atoms with Crippen molar-refractivity contribution in [2.75, 3.05) is 23.7 Å². The third kappa shape index (κ3) is 3.19. The van der Waals surface area contributed by atoms with Crippen molar-refractivity contribution in [3.05, 3.63) is 22.2 Å². The number of anilines is 2. The summed E-state index contributed by atoms with van der Waals surface area (Å²) in [6.45, 7) is 6.19. The molecule has 0 aromatic heterocycles. The molecule has 16 heavy (non-hydrogen) atoms. The van der Waals surface area contributed by atoms with Crippen LogP contribution in [0.4, 0.5) is 11.4 Å². The first-order valence-electron chi connectivity index (χ1n) is 5.59. The van der Waals surface area contributed by atoms with Crippen LogP contribution in [0.1, 0.15) is 26.7 Å². The highest BCUT2D eigenvalue weighted by Gasteiger charge is 2.13. The first kappa shape index (κ1) is 13.5. The predicted molar refractivity (Wildman–Crippen MR) is 73.7 cm³/mol. The van der Waals surface area contributed by atoms with Crippen molar-refractivity contribution in [1.82, 2.24) is 0 Å². The van der Waals surface area contributed by atoms with Gasteiger partial charge < -0.3 is 10.6 Å². The van der Waals surface area contributed by atoms with Gasteiger partial charge in [-0.15, -0.1) is 0 Å². The quantitative estimate of drug-likeness (QED) is 0.805. The molecule has 2 N–H and O–H groups in total. The van der Waals surface area contributed by atoms with Gasteiger partial charge in [-0.2, -0.15) is 0 Å². The van der Waals surface area contributed by atoms with E-state index in [4.69, 9.17) is 28.9 Å². The van der Waals surface area contributed by atoms with Crippen molar-refractivity contribution in [2.45, 2.75) is 26.7 Å². The normalized spacial score (nSPS) is 10.5. The lowest BCUT2D eigenvalue weighted by Crippen LogP contribution is -2.25. The molecule has 2 nitrogen and oxygen atoms in total. The van der Waals surface area contributed by atoms with Crippen LogP contribution < -0.4 is 10.6 Å². The van der Waals surface area contributed by atoms with E-state index in [1.165, 1.54) is 0 Å². The molecule has 4 heteroatoms. The lowest BCUT2D eigenvalue weighted by molar-refractivity contribution is 0.745. The number of rotatable bonds is 5. The summed E-state index contributed by atoms with van der Waals surface area (Å²) in [7, 11) is 0. The second-order valence-corrected chi connectivity index (χ2v) is 4.63. The van der Waals surface area contributed by atoms with Gasteiger partial charge >= 0.3 is 0 Å². The lowest BCUT2D eigenvalue weighted by atomic mass is 10.2. The Balaban J connectivity index is 3.07. The smallest absolute Gasteiger partial charge is 0.0746 e. The van der Waals surface area contributed by atoms with Crippen LogP contribution in [0, 0.1) is 0 Å². The van der Waals surface area contributed by atoms with Crippen LogP contribution in [-0.4, -0.2) is 13.1 Å². The second-order valence-electron chi connectivity index (χ2n) is 3.82. The number of benzene rings is 1. The maximum atomic E-state index is 6.19. The average Bonchev–Trinajstić information content (AvgIpc) is 2.16. The number of hydrogen-bond acceptors (Lipinski definition) is 2. The van der Waals surface area contributed by atoms with Crippen LogP contribution in [0.3, 0.4) is 0 Å². The van der Waals surface area contributed by atoms with Crippen LogP contribution in [0.2, 0.25) is 10.0 Å². The lowest BCUT2D eigenvalue weighted by Gasteiger charge is -2.26. The van der Waals surface area contributed by atoms with Gasteiger partial charge in [-0.1, -0.05) is 37.0 Å². The molecule has 0 unspecified atom stereocenters. The molecule has 0 atom stereocenters. The highest BCUT2D eigenvalue weighted by atomic mass is 35.5. The fraction of sp³-hybridized carbons (Fsp3) is 0.500. The summed E-state index contributed by atoms with van der Waals surface area (Å²) in [5.74, 6) is 0. The molecule has 0 saturated heterocycles. The van der Waals surface area contributed by atoms with Crippen LogP contribution in [0.5, 0.6) is 0 Å². The van der Waals surface area contributed by atoms with Crippen LogP contribution in [-0.2, 0) is 0 Å². The molecule has 0 spiro atoms. The van der Waals surface area contributed by atoms with Crippen LogP contribution in [0.25, 0.3) is 0 Å². The minimum absolute atomic E-state index is 0.603. The largest absolute Gasteiger partial charge is 0.399 e. The summed E-state index contributed by atoms with van der Waals surface area (Å²) < 4.78 is 0. The Morgan fingerprint density at radius 1 is 1.06 bits per heavy atom. The molecule has 0 radical (unpaired) electrons. The van der Waals surface area contributed by atoms with Crippen molar-refractivity contribution in [3.63, 3.8) is 0 Å². The molecule has 1 aromatic carbocycles. The molecule has 0 aliphatic rings. The molecule has 0 fully saturated rings. The Morgan fingerprint density at radius 3 is 1.88 bits per heavy atom. The summed E-state index contributed by atoms with van der Waals surface area (Å²) >= 11 is 12.4. The van der Waals surface area contributed by atoms with E-state index in [9.17, 15) is 0 Å². The van der Waals surface area contributed by atoms with Crippen molar-refractivity contribution in [1.29, 1.82) is 0 Å². The molecule has 0 aliphatic heterocycles. The predicted octanol–water partition coefficient (Wildman–Crippen LogP) is 4.20. The number of nitrogen functional groups attached to an aromatic ring is 1. The van der Waals surface area contributed by atoms with E-state index < -0.39 is 0 Å². The number of nitrogens with two attached hydrogens (primary N) is 1. The minimum atomic E-state index is 0.603. The Kier molecular flexibility index (Phi) is 5.23. The topological polar surface area (TPSA) is 29.3 Å². The number of hydrogen-bond donors (Lipinski definition) is 1. The van der Waals surface area contributed by atoms with Crippen molar-refractivity contribution in [3.8, 4) is 0 Å². The molecular formula is C12H18Cl2N2. The van der Waals surface area contributed by atoms with Gasteiger partial charge in [-0.05, 0) is 25.0 Å². The van der Waals surface area contributed by atoms with Gasteiger partial charge in [-0.25, -0.2) is 0 Å². The number of halogens is 2. The van der Waals surface area contributed by atoms with Crippen LogP contribution >= 0.6 is 23.2 Å². The van der Waals surface area contributed by atoms with E-state index in [-0.39, 0.29) is 0 Å². The van der Waals surface area contributed by atoms with Gasteiger partial charge in [0.05, 0.1) is 15.7 Å². The van der Waals surface area contributed by atoms with E-state index in [0.29, 0.717) is 15.7 Å². The number of nitrogens with zero attached hydrogens (tertiary/aromatic N) is 1. The Morgan fingerprint density at radius 2 is 1.50 bits per heavy atom. The van der Waals surface area contributed by atoms with Crippen LogP contribution in [0.15, 0.2) is 12.1 Å². The summed E-state index contributed by atoms with van der Waals surface area (Å²) in [5.41, 5.74) is 7.20. The molecule has 0 saturated carbocycles. The van der Waals surface area contributed by atoms with Crippen molar-refractivity contribution >= 4 is 34.6 Å². The van der Waals surface area contributed by atoms with E-state index in [0.717, 1.165) is 31.6 Å². The van der Waals surface area contributed by atoms with E-state index >= 15 is 0 Å². The molecule has 1 aromatic rings. The zero-order valence-corrected chi connectivity index (χ0v) is 11.3. The molecule has 90 valence electrons. The van der Waals surface area contributed by atoms with Gasteiger partial charge in [0.1, 0.15) is 0 Å². The highest BCUT2D eigenvalue weighted by molar-refractivity contribution is 6.39. The van der Waals surface area contributed by atoms with Crippen molar-refractivity contribution in [2.24, 2.45) is 0 Å². The SMILES string of the molecule is CCCN(CCC)c1c(Cl)cc(N)cc1Cl. The van der Waals surface area contributed by atoms with Gasteiger partial charge in [0, 0.05) is 18.8 Å². The summed E-state index contributed by atoms with van der Waals surface area (Å²) in [5, 5.41) is 1.26. The molecule has 0 heterocycles. The summed E-state index contributed by atoms with van der Waals surface area (Å²) in [4.78, 5) is 2.21. The average molecular weight is 261 g/mol. The monoisotopic (exact) mass is 260 g/mol. The fourth-order valence-corrected chi connectivity index (χ4v) is 2.51. The maximum absolute atomic E-state index is 6.19. The molecule has 0 amide bonds. The third-order valence-electron chi connectivity index (χ3n) is 2.34. The minimum Gasteiger partial charge on any atom is -0.399 e. The molecule has 0 bridgehead atoms. The maximum Gasteiger partial charge on any atom is 0.0746 e. The molecule has 0 aliphatic carbocycles.